The van der Waals surface area contributed by atoms with Crippen molar-refractivity contribution in [3.05, 3.63) is 0 Å². The maximum atomic E-state index is 12.4. The van der Waals surface area contributed by atoms with Crippen LogP contribution in [0, 0.1) is 11.3 Å². The lowest BCUT2D eigenvalue weighted by Crippen LogP contribution is -2.51. The van der Waals surface area contributed by atoms with Crippen LogP contribution in [0.4, 0.5) is 0 Å². The summed E-state index contributed by atoms with van der Waals surface area (Å²) in [6.45, 7) is 15.0. The highest BCUT2D eigenvalue weighted by molar-refractivity contribution is 5.82. The molecule has 0 saturated carbocycles. The third kappa shape index (κ3) is 3.71. The number of amides is 1. The third-order valence-corrected chi connectivity index (χ3v) is 4.54. The number of likely N-dealkylation sites (tertiary alicyclic amines) is 1. The van der Waals surface area contributed by atoms with Crippen LogP contribution >= 0.6 is 0 Å². The van der Waals surface area contributed by atoms with Gasteiger partial charge < -0.3 is 10.2 Å². The molecule has 0 bridgehead atoms. The van der Waals surface area contributed by atoms with Crippen molar-refractivity contribution < 1.29 is 4.79 Å². The summed E-state index contributed by atoms with van der Waals surface area (Å²) in [4.78, 5) is 14.8. The fraction of sp³-hybridized carbons (Fsp3) is 0.933. The van der Waals surface area contributed by atoms with Crippen molar-refractivity contribution in [2.45, 2.75) is 66.5 Å². The number of carbonyl (C=O) groups is 1. The molecule has 0 aliphatic carbocycles. The molecule has 0 radical (unpaired) electrons. The fourth-order valence-electron chi connectivity index (χ4n) is 2.31. The molecule has 0 aromatic rings. The Balaban J connectivity index is 2.53. The van der Waals surface area contributed by atoms with Gasteiger partial charge in [-0.15, -0.1) is 0 Å². The molecule has 106 valence electrons. The van der Waals surface area contributed by atoms with Crippen LogP contribution in [0.25, 0.3) is 0 Å². The molecule has 18 heavy (non-hydrogen) atoms. The Morgan fingerprint density at radius 2 is 1.61 bits per heavy atom. The number of hydrogen-bond donors (Lipinski definition) is 1. The molecule has 0 spiro atoms. The fourth-order valence-corrected chi connectivity index (χ4v) is 2.31. The Hall–Kier alpha value is -0.570. The zero-order valence-electron chi connectivity index (χ0n) is 12.9. The van der Waals surface area contributed by atoms with Gasteiger partial charge in [-0.25, -0.2) is 0 Å². The monoisotopic (exact) mass is 254 g/mol. The van der Waals surface area contributed by atoms with E-state index < -0.39 is 0 Å². The molecule has 1 heterocycles. The number of rotatable bonds is 4. The smallest absolute Gasteiger partial charge is 0.226 e. The molecule has 1 aliphatic heterocycles. The van der Waals surface area contributed by atoms with Crippen LogP contribution in [-0.2, 0) is 4.79 Å². The van der Waals surface area contributed by atoms with E-state index in [-0.39, 0.29) is 17.4 Å². The minimum Gasteiger partial charge on any atom is -0.353 e. The summed E-state index contributed by atoms with van der Waals surface area (Å²) in [6, 6.07) is 0.852. The molecule has 3 nitrogen and oxygen atoms in total. The van der Waals surface area contributed by atoms with E-state index in [1.807, 2.05) is 0 Å². The topological polar surface area (TPSA) is 32.3 Å². The van der Waals surface area contributed by atoms with Crippen LogP contribution in [0.2, 0.25) is 0 Å². The van der Waals surface area contributed by atoms with Crippen molar-refractivity contribution >= 4 is 5.91 Å². The summed E-state index contributed by atoms with van der Waals surface area (Å²) in [5.41, 5.74) is -0.172. The Bertz CT molecular complexity index is 278. The highest BCUT2D eigenvalue weighted by Crippen LogP contribution is 2.32. The molecular formula is C15H30N2O. The first kappa shape index (κ1) is 15.5. The first-order valence-electron chi connectivity index (χ1n) is 7.31. The van der Waals surface area contributed by atoms with Crippen LogP contribution in [-0.4, -0.2) is 36.0 Å². The molecule has 1 atom stereocenters. The van der Waals surface area contributed by atoms with Gasteiger partial charge in [-0.1, -0.05) is 20.8 Å². The number of nitrogens with one attached hydrogen (secondary N) is 1. The van der Waals surface area contributed by atoms with Gasteiger partial charge in [0.25, 0.3) is 0 Å². The van der Waals surface area contributed by atoms with E-state index in [0.717, 1.165) is 25.9 Å². The van der Waals surface area contributed by atoms with Gasteiger partial charge in [-0.2, -0.15) is 0 Å². The second kappa shape index (κ2) is 6.05. The number of hydrogen-bond acceptors (Lipinski definition) is 2. The third-order valence-electron chi connectivity index (χ3n) is 4.54. The van der Waals surface area contributed by atoms with Crippen molar-refractivity contribution in [1.29, 1.82) is 0 Å². The van der Waals surface area contributed by atoms with E-state index in [0.29, 0.717) is 12.0 Å². The zero-order valence-corrected chi connectivity index (χ0v) is 12.9. The Labute approximate surface area is 112 Å². The average molecular weight is 254 g/mol. The first-order chi connectivity index (χ1) is 8.26. The van der Waals surface area contributed by atoms with Crippen molar-refractivity contribution in [3.63, 3.8) is 0 Å². The summed E-state index contributed by atoms with van der Waals surface area (Å²) in [6.07, 6.45) is 1.95. The van der Waals surface area contributed by atoms with Crippen LogP contribution in [0.15, 0.2) is 0 Å². The van der Waals surface area contributed by atoms with Crippen molar-refractivity contribution in [1.82, 2.24) is 10.2 Å². The second-order valence-corrected chi connectivity index (χ2v) is 6.70. The lowest BCUT2D eigenvalue weighted by Gasteiger charge is -2.40. The molecule has 0 aromatic heterocycles. The van der Waals surface area contributed by atoms with E-state index in [1.165, 1.54) is 0 Å². The molecule has 1 unspecified atom stereocenters. The lowest BCUT2D eigenvalue weighted by atomic mass is 9.79. The van der Waals surface area contributed by atoms with Gasteiger partial charge in [0.15, 0.2) is 0 Å². The Kier molecular flexibility index (Phi) is 5.20. The Morgan fingerprint density at radius 1 is 1.11 bits per heavy atom. The first-order valence-corrected chi connectivity index (χ1v) is 7.31. The number of piperidine rings is 1. The summed E-state index contributed by atoms with van der Waals surface area (Å²) < 4.78 is 0. The van der Waals surface area contributed by atoms with E-state index in [4.69, 9.17) is 0 Å². The van der Waals surface area contributed by atoms with Crippen molar-refractivity contribution in [2.75, 3.05) is 13.1 Å². The van der Waals surface area contributed by atoms with Crippen molar-refractivity contribution in [3.8, 4) is 0 Å². The van der Waals surface area contributed by atoms with Gasteiger partial charge in [0.05, 0.1) is 0 Å². The van der Waals surface area contributed by atoms with Crippen LogP contribution in [0.5, 0.6) is 0 Å². The molecule has 1 amide bonds. The maximum Gasteiger partial charge on any atom is 0.226 e. The highest BCUT2D eigenvalue weighted by atomic mass is 16.2. The molecule has 1 rings (SSSR count). The highest BCUT2D eigenvalue weighted by Gasteiger charge is 2.37. The number of nitrogens with zero attached hydrogens (tertiary/aromatic N) is 1. The molecule has 1 aliphatic rings. The summed E-state index contributed by atoms with van der Waals surface area (Å²) >= 11 is 0. The summed E-state index contributed by atoms with van der Waals surface area (Å²) in [5.74, 6) is 0.736. The van der Waals surface area contributed by atoms with Gasteiger partial charge in [-0.05, 0) is 52.6 Å². The normalized spacial score (nSPS) is 22.2. The SMILES string of the molecule is CC(C)C(C)NC(=O)C1(C)CCN(C(C)C)CC1. The zero-order chi connectivity index (χ0) is 13.9. The molecule has 0 aromatic carbocycles. The second-order valence-electron chi connectivity index (χ2n) is 6.70. The standard InChI is InChI=1S/C15H30N2O/c1-11(2)13(5)16-14(18)15(6)7-9-17(10-8-15)12(3)4/h11-13H,7-10H2,1-6H3,(H,16,18). The minimum atomic E-state index is -0.172. The largest absolute Gasteiger partial charge is 0.353 e. The molecule has 1 saturated heterocycles. The van der Waals surface area contributed by atoms with Crippen molar-refractivity contribution in [2.24, 2.45) is 11.3 Å². The molecule has 3 heteroatoms. The van der Waals surface area contributed by atoms with E-state index in [2.05, 4.69) is 51.8 Å². The quantitative estimate of drug-likeness (QED) is 0.836. The Morgan fingerprint density at radius 3 is 2.00 bits per heavy atom. The molecular weight excluding hydrogens is 224 g/mol. The molecule has 1 fully saturated rings. The molecule has 1 N–H and O–H groups in total. The van der Waals surface area contributed by atoms with Gasteiger partial charge >= 0.3 is 0 Å². The van der Waals surface area contributed by atoms with Crippen LogP contribution < -0.4 is 5.32 Å². The van der Waals surface area contributed by atoms with Gasteiger partial charge in [0, 0.05) is 17.5 Å². The number of carbonyl (C=O) groups excluding carboxylic acids is 1. The predicted octanol–water partition coefficient (Wildman–Crippen LogP) is 2.66. The van der Waals surface area contributed by atoms with E-state index in [9.17, 15) is 4.79 Å². The lowest BCUT2D eigenvalue weighted by molar-refractivity contribution is -0.134. The van der Waals surface area contributed by atoms with Crippen LogP contribution in [0.1, 0.15) is 54.4 Å². The minimum absolute atomic E-state index is 0.172. The predicted molar refractivity (Wildman–Crippen MR) is 76.5 cm³/mol. The maximum absolute atomic E-state index is 12.4. The summed E-state index contributed by atoms with van der Waals surface area (Å²) in [5, 5.41) is 3.18. The average Bonchev–Trinajstić information content (AvgIpc) is 2.29. The van der Waals surface area contributed by atoms with Gasteiger partial charge in [-0.3, -0.25) is 4.79 Å². The van der Waals surface area contributed by atoms with E-state index in [1.54, 1.807) is 0 Å². The van der Waals surface area contributed by atoms with Crippen LogP contribution in [0.3, 0.4) is 0 Å². The van der Waals surface area contributed by atoms with Gasteiger partial charge in [0.1, 0.15) is 0 Å². The van der Waals surface area contributed by atoms with E-state index >= 15 is 0 Å². The summed E-state index contributed by atoms with van der Waals surface area (Å²) in [7, 11) is 0. The van der Waals surface area contributed by atoms with Gasteiger partial charge in [0.2, 0.25) is 5.91 Å².